The van der Waals surface area contributed by atoms with Crippen LogP contribution in [0.3, 0.4) is 0 Å². The number of allylic oxidation sites excluding steroid dienone is 2. The number of hydrogen-bond donors (Lipinski definition) is 0. The Morgan fingerprint density at radius 3 is 2.16 bits per heavy atom. The van der Waals surface area contributed by atoms with Gasteiger partial charge in [-0.25, -0.2) is 12.1 Å². The first-order chi connectivity index (χ1) is 9.35. The van der Waals surface area contributed by atoms with Gasteiger partial charge in [0.15, 0.2) is 0 Å². The summed E-state index contributed by atoms with van der Waals surface area (Å²) in [6.07, 6.45) is 7.25. The Morgan fingerprint density at radius 1 is 1.16 bits per heavy atom. The smallest absolute Gasteiger partial charge is 0.0355 e. The molecule has 0 bridgehead atoms. The minimum Gasteiger partial charge on any atom is -0.300 e. The molecule has 0 atom stereocenters. The summed E-state index contributed by atoms with van der Waals surface area (Å²) in [4.78, 5) is 20.7. The number of carbonyl (C=O) groups excluding carboxylic acids is 2. The Hall–Kier alpha value is -1.80. The van der Waals surface area contributed by atoms with Gasteiger partial charge in [0.1, 0.15) is 0 Å². The van der Waals surface area contributed by atoms with Crippen molar-refractivity contribution in [2.75, 3.05) is 0 Å². The fraction of sp³-hybridized carbons (Fsp3) is 0.250. The van der Waals surface area contributed by atoms with Gasteiger partial charge in [-0.15, -0.1) is 5.57 Å². The molecule has 0 aliphatic heterocycles. The van der Waals surface area contributed by atoms with E-state index in [-0.39, 0.29) is 14.1 Å². The molecule has 0 unspecified atom stereocenters. The summed E-state index contributed by atoms with van der Waals surface area (Å²) in [5.74, 6) is 5.65. The summed E-state index contributed by atoms with van der Waals surface area (Å²) in [6, 6.07) is 10.0. The Labute approximate surface area is 120 Å². The van der Waals surface area contributed by atoms with Crippen molar-refractivity contribution in [1.29, 1.82) is 0 Å². The molecule has 0 N–H and O–H groups in total. The second-order valence-corrected chi connectivity index (χ2v) is 4.20. The summed E-state index contributed by atoms with van der Waals surface area (Å²) in [7, 11) is 0. The molecule has 1 aliphatic rings. The molecule has 1 aromatic rings. The van der Waals surface area contributed by atoms with Crippen LogP contribution < -0.4 is 0 Å². The zero-order valence-corrected chi connectivity index (χ0v) is 11.8. The molecule has 2 rings (SSSR count). The summed E-state index contributed by atoms with van der Waals surface area (Å²) < 4.78 is 0. The molecule has 102 valence electrons. The second kappa shape index (κ2) is 14.3. The van der Waals surface area contributed by atoms with Gasteiger partial charge in [0.05, 0.1) is 0 Å². The van der Waals surface area contributed by atoms with Gasteiger partial charge in [0.2, 0.25) is 0 Å². The van der Waals surface area contributed by atoms with Crippen LogP contribution in [-0.2, 0) is 23.7 Å². The third-order valence-corrected chi connectivity index (χ3v) is 2.39. The molecule has 1 aromatic carbocycles. The van der Waals surface area contributed by atoms with Gasteiger partial charge in [0.25, 0.3) is 0 Å². The van der Waals surface area contributed by atoms with E-state index in [2.05, 4.69) is 24.8 Å². The van der Waals surface area contributed by atoms with Crippen LogP contribution in [0.15, 0.2) is 42.0 Å². The van der Waals surface area contributed by atoms with Gasteiger partial charge in [-0.1, -0.05) is 6.08 Å². The molecule has 0 saturated carbocycles. The minimum absolute atomic E-state index is 0.222. The molecule has 1 aliphatic carbocycles. The van der Waals surface area contributed by atoms with Gasteiger partial charge in [-0.2, -0.15) is 25.1 Å². The molecule has 0 radical (unpaired) electrons. The molecule has 0 fully saturated rings. The van der Waals surface area contributed by atoms with E-state index in [0.717, 1.165) is 0 Å². The van der Waals surface area contributed by atoms with Gasteiger partial charge in [0, 0.05) is 0 Å². The van der Waals surface area contributed by atoms with Crippen molar-refractivity contribution in [1.82, 2.24) is 0 Å². The molecule has 0 heterocycles. The van der Waals surface area contributed by atoms with Gasteiger partial charge in [-0.05, 0) is 25.7 Å². The Morgan fingerprint density at radius 2 is 1.84 bits per heavy atom. The predicted molar refractivity (Wildman–Crippen MR) is 73.1 cm³/mol. The average Bonchev–Trinajstić information content (AvgIpc) is 3.01. The molecule has 0 aromatic heterocycles. The third-order valence-electron chi connectivity index (χ3n) is 2.17. The van der Waals surface area contributed by atoms with Crippen molar-refractivity contribution in [3.8, 4) is 11.8 Å². The van der Waals surface area contributed by atoms with Crippen LogP contribution in [-0.4, -0.2) is 9.57 Å². The Bertz CT molecular complexity index is 484. The summed E-state index contributed by atoms with van der Waals surface area (Å²) in [6.45, 7) is 3.48. The first-order valence-electron chi connectivity index (χ1n) is 5.83. The van der Waals surface area contributed by atoms with Crippen LogP contribution in [0.4, 0.5) is 0 Å². The van der Waals surface area contributed by atoms with Crippen molar-refractivity contribution in [3.63, 3.8) is 0 Å². The topological polar surface area (TPSA) is 34.1 Å². The molecule has 0 saturated heterocycles. The molecule has 3 heteroatoms. The summed E-state index contributed by atoms with van der Waals surface area (Å²) in [5, 5.41) is 0. The molecule has 19 heavy (non-hydrogen) atoms. The monoisotopic (exact) mass is 296 g/mol. The zero-order chi connectivity index (χ0) is 14.2. The largest absolute Gasteiger partial charge is 0.300 e. The van der Waals surface area contributed by atoms with E-state index in [9.17, 15) is 0 Å². The van der Waals surface area contributed by atoms with Crippen LogP contribution in [0.1, 0.15) is 25.7 Å². The quantitative estimate of drug-likeness (QED) is 0.419. The average molecular weight is 296 g/mol. The maximum atomic E-state index is 9.02. The first-order valence-corrected chi connectivity index (χ1v) is 6.94. The summed E-state index contributed by atoms with van der Waals surface area (Å²) >= 11 is -0.222. The van der Waals surface area contributed by atoms with Crippen LogP contribution in [0.2, 0.25) is 0 Å². The fourth-order valence-electron chi connectivity index (χ4n) is 1.40. The van der Waals surface area contributed by atoms with Crippen molar-refractivity contribution in [2.24, 2.45) is 0 Å². The van der Waals surface area contributed by atoms with Crippen molar-refractivity contribution < 1.29 is 23.7 Å². The van der Waals surface area contributed by atoms with E-state index in [1.54, 1.807) is 0 Å². The maximum absolute atomic E-state index is 9.02. The van der Waals surface area contributed by atoms with E-state index in [0.29, 0.717) is 0 Å². The van der Waals surface area contributed by atoms with Crippen LogP contribution in [0, 0.1) is 18.8 Å². The SMILES string of the molecule is O=[C]=[Fe]=[C]=O.[CH2-]C#CC1=CCCCC1.c1cc[cH-]c1. The molecular weight excluding hydrogens is 280 g/mol. The van der Waals surface area contributed by atoms with E-state index in [4.69, 9.17) is 9.59 Å². The van der Waals surface area contributed by atoms with E-state index >= 15 is 0 Å². The van der Waals surface area contributed by atoms with E-state index < -0.39 is 0 Å². The van der Waals surface area contributed by atoms with Crippen molar-refractivity contribution >= 4 is 9.57 Å². The molecule has 2 nitrogen and oxygen atoms in total. The minimum atomic E-state index is -0.222. The van der Waals surface area contributed by atoms with Crippen molar-refractivity contribution in [2.45, 2.75) is 25.7 Å². The van der Waals surface area contributed by atoms with Gasteiger partial charge in [-0.3, -0.25) is 5.92 Å². The van der Waals surface area contributed by atoms with Crippen LogP contribution in [0.25, 0.3) is 0 Å². The first kappa shape index (κ1) is 17.2. The van der Waals surface area contributed by atoms with Crippen molar-refractivity contribution in [3.05, 3.63) is 48.9 Å². The summed E-state index contributed by atoms with van der Waals surface area (Å²) in [5.41, 5.74) is 1.29. The van der Waals surface area contributed by atoms with Crippen LogP contribution in [0.5, 0.6) is 0 Å². The maximum Gasteiger partial charge on any atom is -0.0355 e. The number of hydrogen-bond acceptors (Lipinski definition) is 2. The fourth-order valence-corrected chi connectivity index (χ4v) is 1.45. The molecular formula is C16H16FeO2-2. The second-order valence-electron chi connectivity index (χ2n) is 3.47. The van der Waals surface area contributed by atoms with Gasteiger partial charge < -0.3 is 5.92 Å². The Kier molecular flexibility index (Phi) is 12.9. The normalized spacial score (nSPS) is 11.7. The van der Waals surface area contributed by atoms with Gasteiger partial charge >= 0.3 is 33.2 Å². The zero-order valence-electron chi connectivity index (χ0n) is 10.7. The third kappa shape index (κ3) is 12.4. The predicted octanol–water partition coefficient (Wildman–Crippen LogP) is 2.93. The standard InChI is InChI=1S/C9H11.C5H5.2CO.Fe/c1-2-6-9-7-4-3-5-8-9;1-2-4-5-3-1;2*1-2;/h7H,1,3-5,8H2;1-5H;;;/q2*-1;;;. The van der Waals surface area contributed by atoms with E-state index in [1.807, 2.05) is 30.3 Å². The van der Waals surface area contributed by atoms with E-state index in [1.165, 1.54) is 40.8 Å². The van der Waals surface area contributed by atoms with Crippen LogP contribution >= 0.6 is 0 Å². The Balaban J connectivity index is 0.000000278. The molecule has 0 amide bonds. The molecule has 0 spiro atoms. The number of rotatable bonds is 0.